The van der Waals surface area contributed by atoms with Gasteiger partial charge in [-0.15, -0.1) is 0 Å². The van der Waals surface area contributed by atoms with Crippen LogP contribution in [0.25, 0.3) is 0 Å². The summed E-state index contributed by atoms with van der Waals surface area (Å²) in [6, 6.07) is 0. The van der Waals surface area contributed by atoms with Gasteiger partial charge in [-0.2, -0.15) is 0 Å². The van der Waals surface area contributed by atoms with Gasteiger partial charge in [-0.05, 0) is 32.6 Å². The third kappa shape index (κ3) is 2.55. The number of allylic oxidation sites excluding steroid dienone is 4. The van der Waals surface area contributed by atoms with Crippen molar-refractivity contribution in [2.75, 3.05) is 0 Å². The van der Waals surface area contributed by atoms with Gasteiger partial charge in [-0.3, -0.25) is 4.79 Å². The number of carbonyl (C=O) groups is 1. The van der Waals surface area contributed by atoms with E-state index >= 15 is 0 Å². The van der Waals surface area contributed by atoms with Crippen molar-refractivity contribution in [3.63, 3.8) is 0 Å². The molecular formula is C12H18O. The van der Waals surface area contributed by atoms with E-state index in [9.17, 15) is 4.79 Å². The molecule has 1 fully saturated rings. The van der Waals surface area contributed by atoms with Crippen molar-refractivity contribution in [1.29, 1.82) is 0 Å². The van der Waals surface area contributed by atoms with Gasteiger partial charge in [0.15, 0.2) is 0 Å². The fraction of sp³-hybridized carbons (Fsp3) is 0.583. The van der Waals surface area contributed by atoms with E-state index in [1.165, 1.54) is 0 Å². The van der Waals surface area contributed by atoms with Crippen LogP contribution in [0.1, 0.15) is 33.1 Å². The van der Waals surface area contributed by atoms with Crippen LogP contribution in [-0.2, 0) is 4.79 Å². The molecule has 2 unspecified atom stereocenters. The number of hydrogen-bond donors (Lipinski definition) is 0. The van der Waals surface area contributed by atoms with Gasteiger partial charge in [0.1, 0.15) is 5.78 Å². The van der Waals surface area contributed by atoms with E-state index in [0.717, 1.165) is 19.3 Å². The maximum atomic E-state index is 11.6. The van der Waals surface area contributed by atoms with Crippen LogP contribution in [0.5, 0.6) is 0 Å². The Balaban J connectivity index is 2.73. The molecule has 0 bridgehead atoms. The molecule has 0 heterocycles. The minimum atomic E-state index is 0.148. The number of hydrogen-bond acceptors (Lipinski definition) is 1. The minimum Gasteiger partial charge on any atom is -0.299 e. The normalized spacial score (nSPS) is 30.5. The van der Waals surface area contributed by atoms with Crippen molar-refractivity contribution in [2.45, 2.75) is 33.1 Å². The summed E-state index contributed by atoms with van der Waals surface area (Å²) in [7, 11) is 0. The van der Waals surface area contributed by atoms with Crippen molar-refractivity contribution in [1.82, 2.24) is 0 Å². The smallest absolute Gasteiger partial charge is 0.140 e. The van der Waals surface area contributed by atoms with Crippen LogP contribution in [0.4, 0.5) is 0 Å². The minimum absolute atomic E-state index is 0.148. The summed E-state index contributed by atoms with van der Waals surface area (Å²) < 4.78 is 0. The molecule has 13 heavy (non-hydrogen) atoms. The zero-order chi connectivity index (χ0) is 9.68. The SMILES string of the molecule is C/C=C/C1CCCC(=O)C1/C=C/C. The molecule has 0 saturated heterocycles. The summed E-state index contributed by atoms with van der Waals surface area (Å²) >= 11 is 0. The number of Topliss-reactive ketones (excluding diaryl/α,β-unsaturated/α-hetero) is 1. The number of rotatable bonds is 2. The van der Waals surface area contributed by atoms with Gasteiger partial charge in [0, 0.05) is 12.3 Å². The molecule has 0 spiro atoms. The first kappa shape index (κ1) is 10.2. The molecule has 2 atom stereocenters. The van der Waals surface area contributed by atoms with E-state index in [2.05, 4.69) is 12.2 Å². The largest absolute Gasteiger partial charge is 0.299 e. The average Bonchev–Trinajstić information content (AvgIpc) is 2.11. The van der Waals surface area contributed by atoms with E-state index in [1.807, 2.05) is 26.0 Å². The lowest BCUT2D eigenvalue weighted by atomic mass is 9.78. The van der Waals surface area contributed by atoms with Crippen molar-refractivity contribution in [3.8, 4) is 0 Å². The Morgan fingerprint density at radius 1 is 1.23 bits per heavy atom. The molecule has 0 aromatic rings. The van der Waals surface area contributed by atoms with Gasteiger partial charge in [-0.1, -0.05) is 24.3 Å². The summed E-state index contributed by atoms with van der Waals surface area (Å²) in [6.07, 6.45) is 11.2. The maximum absolute atomic E-state index is 11.6. The summed E-state index contributed by atoms with van der Waals surface area (Å²) in [5.74, 6) is 1.00. The zero-order valence-corrected chi connectivity index (χ0v) is 8.49. The van der Waals surface area contributed by atoms with E-state index < -0.39 is 0 Å². The molecule has 1 aliphatic rings. The number of carbonyl (C=O) groups excluding carboxylic acids is 1. The standard InChI is InChI=1S/C12H18O/c1-3-6-10-8-5-9-12(13)11(10)7-4-2/h3-4,6-7,10-11H,5,8-9H2,1-2H3/b6-3+,7-4+. The first-order valence-corrected chi connectivity index (χ1v) is 5.08. The maximum Gasteiger partial charge on any atom is 0.140 e. The monoisotopic (exact) mass is 178 g/mol. The van der Waals surface area contributed by atoms with Crippen LogP contribution in [-0.4, -0.2) is 5.78 Å². The van der Waals surface area contributed by atoms with E-state index in [-0.39, 0.29) is 5.92 Å². The van der Waals surface area contributed by atoms with Crippen molar-refractivity contribution in [3.05, 3.63) is 24.3 Å². The second-order valence-electron chi connectivity index (χ2n) is 3.60. The zero-order valence-electron chi connectivity index (χ0n) is 8.49. The highest BCUT2D eigenvalue weighted by molar-refractivity contribution is 5.83. The first-order chi connectivity index (χ1) is 6.29. The predicted molar refractivity (Wildman–Crippen MR) is 55.5 cm³/mol. The lowest BCUT2D eigenvalue weighted by Crippen LogP contribution is -2.25. The third-order valence-electron chi connectivity index (χ3n) is 2.63. The van der Waals surface area contributed by atoms with E-state index in [0.29, 0.717) is 11.7 Å². The van der Waals surface area contributed by atoms with Crippen LogP contribution in [0.15, 0.2) is 24.3 Å². The highest BCUT2D eigenvalue weighted by Crippen LogP contribution is 2.29. The summed E-state index contributed by atoms with van der Waals surface area (Å²) in [4.78, 5) is 11.6. The van der Waals surface area contributed by atoms with Crippen LogP contribution in [0, 0.1) is 11.8 Å². The topological polar surface area (TPSA) is 17.1 Å². The second-order valence-corrected chi connectivity index (χ2v) is 3.60. The Hall–Kier alpha value is -0.850. The lowest BCUT2D eigenvalue weighted by Gasteiger charge is -2.25. The molecule has 72 valence electrons. The van der Waals surface area contributed by atoms with Crippen LogP contribution < -0.4 is 0 Å². The molecule has 1 aliphatic carbocycles. The van der Waals surface area contributed by atoms with Gasteiger partial charge < -0.3 is 0 Å². The van der Waals surface area contributed by atoms with Crippen LogP contribution in [0.3, 0.4) is 0 Å². The molecule has 0 amide bonds. The molecule has 0 aromatic carbocycles. The van der Waals surface area contributed by atoms with Crippen molar-refractivity contribution < 1.29 is 4.79 Å². The fourth-order valence-corrected chi connectivity index (χ4v) is 2.02. The quantitative estimate of drug-likeness (QED) is 0.594. The molecule has 0 aliphatic heterocycles. The molecule has 0 aromatic heterocycles. The third-order valence-corrected chi connectivity index (χ3v) is 2.63. The molecular weight excluding hydrogens is 160 g/mol. The Morgan fingerprint density at radius 3 is 2.54 bits per heavy atom. The van der Waals surface area contributed by atoms with Crippen molar-refractivity contribution in [2.24, 2.45) is 11.8 Å². The van der Waals surface area contributed by atoms with E-state index in [4.69, 9.17) is 0 Å². The Labute approximate surface area is 80.5 Å². The summed E-state index contributed by atoms with van der Waals surface area (Å²) in [5.41, 5.74) is 0. The van der Waals surface area contributed by atoms with Gasteiger partial charge in [-0.25, -0.2) is 0 Å². The first-order valence-electron chi connectivity index (χ1n) is 5.08. The fourth-order valence-electron chi connectivity index (χ4n) is 2.02. The molecule has 0 radical (unpaired) electrons. The van der Waals surface area contributed by atoms with E-state index in [1.54, 1.807) is 0 Å². The van der Waals surface area contributed by atoms with Gasteiger partial charge in [0.25, 0.3) is 0 Å². The second kappa shape index (κ2) is 5.00. The highest BCUT2D eigenvalue weighted by Gasteiger charge is 2.27. The number of ketones is 1. The highest BCUT2D eigenvalue weighted by atomic mass is 16.1. The van der Waals surface area contributed by atoms with Crippen LogP contribution >= 0.6 is 0 Å². The Bertz CT molecular complexity index is 225. The molecule has 1 nitrogen and oxygen atoms in total. The molecule has 0 N–H and O–H groups in total. The van der Waals surface area contributed by atoms with Gasteiger partial charge in [0.05, 0.1) is 0 Å². The van der Waals surface area contributed by atoms with Gasteiger partial charge >= 0.3 is 0 Å². The summed E-state index contributed by atoms with van der Waals surface area (Å²) in [5, 5.41) is 0. The Kier molecular flexibility index (Phi) is 3.94. The van der Waals surface area contributed by atoms with Crippen LogP contribution in [0.2, 0.25) is 0 Å². The average molecular weight is 178 g/mol. The predicted octanol–water partition coefficient (Wildman–Crippen LogP) is 3.12. The van der Waals surface area contributed by atoms with Crippen molar-refractivity contribution >= 4 is 5.78 Å². The molecule has 1 heteroatoms. The summed E-state index contributed by atoms with van der Waals surface area (Å²) in [6.45, 7) is 4.00. The Morgan fingerprint density at radius 2 is 1.92 bits per heavy atom. The molecule has 1 saturated carbocycles. The molecule has 1 rings (SSSR count). The van der Waals surface area contributed by atoms with Gasteiger partial charge in [0.2, 0.25) is 0 Å². The lowest BCUT2D eigenvalue weighted by molar-refractivity contribution is -0.124.